The number of nitrogens with zero attached hydrogens (tertiary/aromatic N) is 1. The number of nitrogens with one attached hydrogen (secondary N) is 1. The van der Waals surface area contributed by atoms with E-state index in [4.69, 9.17) is 27.9 Å². The highest BCUT2D eigenvalue weighted by atomic mass is 35.5. The fraction of sp³-hybridized carbons (Fsp3) is 0.600. The van der Waals surface area contributed by atoms with Gasteiger partial charge in [-0.3, -0.25) is 4.79 Å². The summed E-state index contributed by atoms with van der Waals surface area (Å²) in [5, 5.41) is 3.46. The standard InChI is InChI=1S/C15H20Cl2N2O3/c1-3-22-14(21)15(7-5-4-6-8-15)18-13(20)11-9-10(16)12(17)19(11)2/h9H,3-8H2,1-2H3,(H,18,20). The second-order valence-corrected chi connectivity index (χ2v) is 6.31. The summed E-state index contributed by atoms with van der Waals surface area (Å²) in [6, 6.07) is 1.50. The van der Waals surface area contributed by atoms with Crippen molar-refractivity contribution in [2.45, 2.75) is 44.6 Å². The van der Waals surface area contributed by atoms with Crippen molar-refractivity contribution in [3.8, 4) is 0 Å². The van der Waals surface area contributed by atoms with Gasteiger partial charge in [0.05, 0.1) is 11.6 Å². The van der Waals surface area contributed by atoms with Gasteiger partial charge in [-0.05, 0) is 25.8 Å². The van der Waals surface area contributed by atoms with Gasteiger partial charge < -0.3 is 14.6 Å². The zero-order valence-electron chi connectivity index (χ0n) is 12.7. The second kappa shape index (κ2) is 6.92. The van der Waals surface area contributed by atoms with E-state index in [9.17, 15) is 9.59 Å². The Labute approximate surface area is 139 Å². The van der Waals surface area contributed by atoms with E-state index in [-0.39, 0.29) is 18.5 Å². The van der Waals surface area contributed by atoms with Gasteiger partial charge in [-0.25, -0.2) is 4.79 Å². The maximum absolute atomic E-state index is 12.6. The van der Waals surface area contributed by atoms with Crippen LogP contribution in [-0.2, 0) is 16.6 Å². The van der Waals surface area contributed by atoms with Crippen molar-refractivity contribution in [1.82, 2.24) is 9.88 Å². The van der Waals surface area contributed by atoms with Crippen molar-refractivity contribution in [3.05, 3.63) is 21.9 Å². The van der Waals surface area contributed by atoms with Crippen molar-refractivity contribution in [1.29, 1.82) is 0 Å². The Kier molecular flexibility index (Phi) is 5.40. The van der Waals surface area contributed by atoms with Crippen LogP contribution in [0.5, 0.6) is 0 Å². The van der Waals surface area contributed by atoms with E-state index in [0.717, 1.165) is 19.3 Å². The van der Waals surface area contributed by atoms with Gasteiger partial charge in [-0.1, -0.05) is 42.5 Å². The zero-order chi connectivity index (χ0) is 16.3. The molecule has 0 aromatic carbocycles. The minimum absolute atomic E-state index is 0.290. The highest BCUT2D eigenvalue weighted by Crippen LogP contribution is 2.31. The second-order valence-electron chi connectivity index (χ2n) is 5.54. The summed E-state index contributed by atoms with van der Waals surface area (Å²) in [7, 11) is 1.65. The molecule has 1 saturated carbocycles. The van der Waals surface area contributed by atoms with E-state index >= 15 is 0 Å². The van der Waals surface area contributed by atoms with Crippen molar-refractivity contribution in [3.63, 3.8) is 0 Å². The Morgan fingerprint density at radius 1 is 1.32 bits per heavy atom. The van der Waals surface area contributed by atoms with Crippen LogP contribution in [0.15, 0.2) is 6.07 Å². The van der Waals surface area contributed by atoms with E-state index in [1.54, 1.807) is 14.0 Å². The average Bonchev–Trinajstić information content (AvgIpc) is 2.76. The Morgan fingerprint density at radius 3 is 2.45 bits per heavy atom. The predicted molar refractivity (Wildman–Crippen MR) is 85.3 cm³/mol. The maximum Gasteiger partial charge on any atom is 0.331 e. The van der Waals surface area contributed by atoms with Gasteiger partial charge in [0.2, 0.25) is 0 Å². The molecule has 0 spiro atoms. The van der Waals surface area contributed by atoms with Crippen LogP contribution in [0, 0.1) is 0 Å². The molecule has 2 rings (SSSR count). The summed E-state index contributed by atoms with van der Waals surface area (Å²) in [6.07, 6.45) is 3.99. The molecule has 1 aromatic rings. The Balaban J connectivity index is 2.24. The number of hydrogen-bond acceptors (Lipinski definition) is 3. The molecule has 1 aromatic heterocycles. The summed E-state index contributed by atoms with van der Waals surface area (Å²) >= 11 is 11.9. The van der Waals surface area contributed by atoms with E-state index in [2.05, 4.69) is 5.32 Å². The highest BCUT2D eigenvalue weighted by Gasteiger charge is 2.42. The molecule has 1 aliphatic rings. The molecule has 0 bridgehead atoms. The Bertz CT molecular complexity index is 578. The number of aromatic nitrogens is 1. The fourth-order valence-corrected chi connectivity index (χ4v) is 3.22. The largest absolute Gasteiger partial charge is 0.464 e. The lowest BCUT2D eigenvalue weighted by molar-refractivity contribution is -0.152. The molecule has 0 unspecified atom stereocenters. The van der Waals surface area contributed by atoms with Crippen LogP contribution in [0.25, 0.3) is 0 Å². The molecular formula is C15H20Cl2N2O3. The van der Waals surface area contributed by atoms with Crippen LogP contribution in [-0.4, -0.2) is 28.6 Å². The molecule has 1 aliphatic carbocycles. The summed E-state index contributed by atoms with van der Waals surface area (Å²) in [5.74, 6) is -0.735. The molecule has 1 N–H and O–H groups in total. The number of carbonyl (C=O) groups is 2. The number of halogens is 2. The summed E-state index contributed by atoms with van der Waals surface area (Å²) < 4.78 is 6.67. The molecule has 122 valence electrons. The molecule has 7 heteroatoms. The molecule has 0 atom stereocenters. The number of esters is 1. The monoisotopic (exact) mass is 346 g/mol. The van der Waals surface area contributed by atoms with Crippen LogP contribution in [0.2, 0.25) is 10.2 Å². The molecule has 1 amide bonds. The van der Waals surface area contributed by atoms with Crippen molar-refractivity contribution < 1.29 is 14.3 Å². The SMILES string of the molecule is CCOC(=O)C1(NC(=O)c2cc(Cl)c(Cl)n2C)CCCCC1. The summed E-state index contributed by atoms with van der Waals surface area (Å²) in [5.41, 5.74) is -0.626. The number of ether oxygens (including phenoxy) is 1. The number of amides is 1. The van der Waals surface area contributed by atoms with Crippen LogP contribution >= 0.6 is 23.2 Å². The van der Waals surface area contributed by atoms with Crippen LogP contribution in [0.1, 0.15) is 49.5 Å². The minimum atomic E-state index is -0.950. The number of carbonyl (C=O) groups excluding carboxylic acids is 2. The first-order valence-electron chi connectivity index (χ1n) is 7.42. The molecule has 1 heterocycles. The van der Waals surface area contributed by atoms with E-state index in [1.807, 2.05) is 0 Å². The highest BCUT2D eigenvalue weighted by molar-refractivity contribution is 6.41. The maximum atomic E-state index is 12.6. The van der Waals surface area contributed by atoms with Gasteiger partial charge in [0, 0.05) is 7.05 Å². The van der Waals surface area contributed by atoms with Crippen LogP contribution in [0.4, 0.5) is 0 Å². The normalized spacial score (nSPS) is 17.1. The first-order chi connectivity index (χ1) is 10.4. The lowest BCUT2D eigenvalue weighted by Crippen LogP contribution is -2.56. The predicted octanol–water partition coefficient (Wildman–Crippen LogP) is 3.33. The molecule has 1 fully saturated rings. The molecule has 0 aliphatic heterocycles. The third-order valence-corrected chi connectivity index (χ3v) is 4.92. The molecular weight excluding hydrogens is 327 g/mol. The van der Waals surface area contributed by atoms with Gasteiger partial charge in [0.15, 0.2) is 0 Å². The van der Waals surface area contributed by atoms with Gasteiger partial charge in [0.1, 0.15) is 16.4 Å². The molecule has 5 nitrogen and oxygen atoms in total. The molecule has 0 saturated heterocycles. The van der Waals surface area contributed by atoms with Crippen molar-refractivity contribution in [2.75, 3.05) is 6.61 Å². The smallest absolute Gasteiger partial charge is 0.331 e. The minimum Gasteiger partial charge on any atom is -0.464 e. The van der Waals surface area contributed by atoms with Crippen LogP contribution < -0.4 is 5.32 Å². The fourth-order valence-electron chi connectivity index (χ4n) is 2.85. The van der Waals surface area contributed by atoms with E-state index in [1.165, 1.54) is 10.6 Å². The number of hydrogen-bond donors (Lipinski definition) is 1. The third kappa shape index (κ3) is 3.25. The van der Waals surface area contributed by atoms with Gasteiger partial charge in [-0.2, -0.15) is 0 Å². The number of rotatable bonds is 4. The van der Waals surface area contributed by atoms with Gasteiger partial charge in [-0.15, -0.1) is 0 Å². The molecule has 22 heavy (non-hydrogen) atoms. The Hall–Kier alpha value is -1.20. The van der Waals surface area contributed by atoms with Gasteiger partial charge in [0.25, 0.3) is 5.91 Å². The zero-order valence-corrected chi connectivity index (χ0v) is 14.3. The van der Waals surface area contributed by atoms with Crippen molar-refractivity contribution in [2.24, 2.45) is 7.05 Å². The molecule has 0 radical (unpaired) electrons. The lowest BCUT2D eigenvalue weighted by atomic mass is 9.81. The summed E-state index contributed by atoms with van der Waals surface area (Å²) in [6.45, 7) is 2.05. The lowest BCUT2D eigenvalue weighted by Gasteiger charge is -2.35. The van der Waals surface area contributed by atoms with Gasteiger partial charge >= 0.3 is 5.97 Å². The Morgan fingerprint density at radius 2 is 1.95 bits per heavy atom. The topological polar surface area (TPSA) is 60.3 Å². The quantitative estimate of drug-likeness (QED) is 0.850. The first kappa shape index (κ1) is 17.2. The third-order valence-electron chi connectivity index (χ3n) is 4.08. The summed E-state index contributed by atoms with van der Waals surface area (Å²) in [4.78, 5) is 24.9. The van der Waals surface area contributed by atoms with E-state index < -0.39 is 5.54 Å². The van der Waals surface area contributed by atoms with E-state index in [0.29, 0.717) is 28.7 Å². The average molecular weight is 347 g/mol. The van der Waals surface area contributed by atoms with Crippen LogP contribution in [0.3, 0.4) is 0 Å². The first-order valence-corrected chi connectivity index (χ1v) is 8.17. The van der Waals surface area contributed by atoms with Crippen molar-refractivity contribution >= 4 is 35.1 Å².